The minimum atomic E-state index is -0.976. The van der Waals surface area contributed by atoms with Crippen LogP contribution in [0.5, 0.6) is 0 Å². The Balaban J connectivity index is 2.26. The molecule has 0 fully saturated rings. The summed E-state index contributed by atoms with van der Waals surface area (Å²) in [5.74, 6) is 7.77. The summed E-state index contributed by atoms with van der Waals surface area (Å²) < 4.78 is 0. The van der Waals surface area contributed by atoms with Crippen molar-refractivity contribution < 1.29 is 5.11 Å². The summed E-state index contributed by atoms with van der Waals surface area (Å²) in [5.41, 5.74) is 2.24. The first-order chi connectivity index (χ1) is 10.8. The van der Waals surface area contributed by atoms with Crippen LogP contribution in [0.25, 0.3) is 0 Å². The standard InChI is InChI=1S/C21H28O/c1-3-5-6-7-8-9-10-11-13-19-14-12-15-20(18-19)16-17-21(22)4-2/h2,12,14-15,18,21-22H,3,5-11,13H2,1H3. The quantitative estimate of drug-likeness (QED) is 0.516. The molecule has 0 radical (unpaired) electrons. The highest BCUT2D eigenvalue weighted by Crippen LogP contribution is 2.12. The fourth-order valence-electron chi connectivity index (χ4n) is 2.46. The lowest BCUT2D eigenvalue weighted by Gasteiger charge is -2.03. The van der Waals surface area contributed by atoms with E-state index in [0.717, 1.165) is 12.0 Å². The van der Waals surface area contributed by atoms with Gasteiger partial charge in [0.15, 0.2) is 6.10 Å². The van der Waals surface area contributed by atoms with Crippen LogP contribution in [0.4, 0.5) is 0 Å². The molecule has 0 heterocycles. The minimum absolute atomic E-state index is 0.923. The predicted molar refractivity (Wildman–Crippen MR) is 94.5 cm³/mol. The van der Waals surface area contributed by atoms with Crippen LogP contribution in [-0.4, -0.2) is 11.2 Å². The van der Waals surface area contributed by atoms with E-state index in [1.165, 1.54) is 56.9 Å². The number of terminal acetylenes is 1. The first-order valence-corrected chi connectivity index (χ1v) is 8.51. The summed E-state index contributed by atoms with van der Waals surface area (Å²) in [6.07, 6.45) is 15.9. The number of unbranched alkanes of at least 4 members (excludes halogenated alkanes) is 7. The maximum atomic E-state index is 9.26. The van der Waals surface area contributed by atoms with Crippen molar-refractivity contribution in [3.8, 4) is 24.2 Å². The van der Waals surface area contributed by atoms with Gasteiger partial charge in [-0.1, -0.05) is 81.8 Å². The summed E-state index contributed by atoms with van der Waals surface area (Å²) in [7, 11) is 0. The van der Waals surface area contributed by atoms with Crippen molar-refractivity contribution in [3.05, 3.63) is 35.4 Å². The van der Waals surface area contributed by atoms with Gasteiger partial charge >= 0.3 is 0 Å². The lowest BCUT2D eigenvalue weighted by atomic mass is 10.0. The Morgan fingerprint density at radius 3 is 2.41 bits per heavy atom. The third-order valence-corrected chi connectivity index (χ3v) is 3.76. The van der Waals surface area contributed by atoms with Gasteiger partial charge in [0.2, 0.25) is 0 Å². The van der Waals surface area contributed by atoms with E-state index in [-0.39, 0.29) is 0 Å². The Labute approximate surface area is 136 Å². The Morgan fingerprint density at radius 2 is 1.73 bits per heavy atom. The van der Waals surface area contributed by atoms with E-state index in [0.29, 0.717) is 0 Å². The first kappa shape index (κ1) is 18.3. The molecule has 0 aliphatic rings. The molecule has 0 aliphatic heterocycles. The zero-order chi connectivity index (χ0) is 16.0. The number of hydrogen-bond donors (Lipinski definition) is 1. The van der Waals surface area contributed by atoms with Gasteiger partial charge in [-0.05, 0) is 30.5 Å². The lowest BCUT2D eigenvalue weighted by Crippen LogP contribution is -1.96. The molecule has 118 valence electrons. The van der Waals surface area contributed by atoms with E-state index in [9.17, 15) is 5.11 Å². The molecule has 1 atom stereocenters. The van der Waals surface area contributed by atoms with E-state index < -0.39 is 6.10 Å². The van der Waals surface area contributed by atoms with Crippen LogP contribution in [-0.2, 0) is 6.42 Å². The van der Waals surface area contributed by atoms with Crippen LogP contribution in [0.3, 0.4) is 0 Å². The number of aliphatic hydroxyl groups is 1. The van der Waals surface area contributed by atoms with Crippen LogP contribution in [0.1, 0.15) is 69.4 Å². The van der Waals surface area contributed by atoms with Gasteiger partial charge in [0, 0.05) is 5.56 Å². The smallest absolute Gasteiger partial charge is 0.176 e. The molecule has 1 aromatic carbocycles. The monoisotopic (exact) mass is 296 g/mol. The number of rotatable bonds is 9. The fourth-order valence-corrected chi connectivity index (χ4v) is 2.46. The van der Waals surface area contributed by atoms with Crippen molar-refractivity contribution in [2.24, 2.45) is 0 Å². The topological polar surface area (TPSA) is 20.2 Å². The Kier molecular flexibility index (Phi) is 9.93. The fraction of sp³-hybridized carbons (Fsp3) is 0.524. The second-order valence-electron chi connectivity index (χ2n) is 5.76. The van der Waals surface area contributed by atoms with Crippen LogP contribution < -0.4 is 0 Å². The van der Waals surface area contributed by atoms with Crippen molar-refractivity contribution >= 4 is 0 Å². The summed E-state index contributed by atoms with van der Waals surface area (Å²) >= 11 is 0. The van der Waals surface area contributed by atoms with E-state index in [1.54, 1.807) is 0 Å². The Morgan fingerprint density at radius 1 is 1.05 bits per heavy atom. The third-order valence-electron chi connectivity index (χ3n) is 3.76. The molecule has 1 nitrogen and oxygen atoms in total. The molecule has 1 N–H and O–H groups in total. The highest BCUT2D eigenvalue weighted by Gasteiger charge is 1.96. The maximum absolute atomic E-state index is 9.26. The molecule has 0 amide bonds. The van der Waals surface area contributed by atoms with Gasteiger partial charge in [-0.25, -0.2) is 0 Å². The van der Waals surface area contributed by atoms with Crippen molar-refractivity contribution in [3.63, 3.8) is 0 Å². The van der Waals surface area contributed by atoms with Gasteiger partial charge < -0.3 is 5.11 Å². The van der Waals surface area contributed by atoms with Crippen molar-refractivity contribution in [2.45, 2.75) is 70.8 Å². The van der Waals surface area contributed by atoms with E-state index in [2.05, 4.69) is 36.8 Å². The SMILES string of the molecule is C#CC(O)C#Cc1cccc(CCCCCCCCCC)c1. The second-order valence-corrected chi connectivity index (χ2v) is 5.76. The predicted octanol–water partition coefficient (Wildman–Crippen LogP) is 4.72. The zero-order valence-electron chi connectivity index (χ0n) is 13.8. The molecule has 0 aromatic heterocycles. The van der Waals surface area contributed by atoms with Crippen LogP contribution in [0, 0.1) is 24.2 Å². The van der Waals surface area contributed by atoms with Crippen LogP contribution in [0.2, 0.25) is 0 Å². The van der Waals surface area contributed by atoms with Gasteiger partial charge in [-0.15, -0.1) is 6.42 Å². The summed E-state index contributed by atoms with van der Waals surface area (Å²) in [4.78, 5) is 0. The Bertz CT molecular complexity index is 513. The van der Waals surface area contributed by atoms with Crippen molar-refractivity contribution in [1.29, 1.82) is 0 Å². The number of benzene rings is 1. The molecule has 1 aromatic rings. The van der Waals surface area contributed by atoms with E-state index >= 15 is 0 Å². The summed E-state index contributed by atoms with van der Waals surface area (Å²) in [6.45, 7) is 2.26. The van der Waals surface area contributed by atoms with Gasteiger partial charge in [-0.2, -0.15) is 0 Å². The largest absolute Gasteiger partial charge is 0.369 e. The molecule has 22 heavy (non-hydrogen) atoms. The molecule has 1 rings (SSSR count). The lowest BCUT2D eigenvalue weighted by molar-refractivity contribution is 0.290. The minimum Gasteiger partial charge on any atom is -0.369 e. The second kappa shape index (κ2) is 11.9. The molecule has 0 saturated heterocycles. The maximum Gasteiger partial charge on any atom is 0.176 e. The highest BCUT2D eigenvalue weighted by molar-refractivity contribution is 5.38. The van der Waals surface area contributed by atoms with E-state index in [1.807, 2.05) is 12.1 Å². The molecular formula is C21H28O. The number of aryl methyl sites for hydroxylation is 1. The number of aliphatic hydroxyl groups excluding tert-OH is 1. The normalized spacial score (nSPS) is 11.3. The molecule has 0 spiro atoms. The Hall–Kier alpha value is -1.70. The van der Waals surface area contributed by atoms with Gasteiger partial charge in [0.05, 0.1) is 0 Å². The number of hydrogen-bond acceptors (Lipinski definition) is 1. The average Bonchev–Trinajstić information content (AvgIpc) is 2.55. The van der Waals surface area contributed by atoms with Gasteiger partial charge in [0.1, 0.15) is 0 Å². The van der Waals surface area contributed by atoms with Crippen molar-refractivity contribution in [2.75, 3.05) is 0 Å². The molecule has 1 heteroatoms. The summed E-state index contributed by atoms with van der Waals surface area (Å²) in [5, 5.41) is 9.26. The zero-order valence-corrected chi connectivity index (χ0v) is 13.8. The van der Waals surface area contributed by atoms with Crippen LogP contribution >= 0.6 is 0 Å². The molecule has 0 aliphatic carbocycles. The van der Waals surface area contributed by atoms with Crippen molar-refractivity contribution in [1.82, 2.24) is 0 Å². The van der Waals surface area contributed by atoms with Gasteiger partial charge in [0.25, 0.3) is 0 Å². The molecule has 0 saturated carbocycles. The van der Waals surface area contributed by atoms with Crippen LogP contribution in [0.15, 0.2) is 24.3 Å². The first-order valence-electron chi connectivity index (χ1n) is 8.51. The average molecular weight is 296 g/mol. The molecule has 0 bridgehead atoms. The third kappa shape index (κ3) is 8.56. The van der Waals surface area contributed by atoms with E-state index in [4.69, 9.17) is 6.42 Å². The molecular weight excluding hydrogens is 268 g/mol. The molecule has 1 unspecified atom stereocenters. The van der Waals surface area contributed by atoms with Gasteiger partial charge in [-0.3, -0.25) is 0 Å². The summed E-state index contributed by atoms with van der Waals surface area (Å²) in [6, 6.07) is 8.21. The highest BCUT2D eigenvalue weighted by atomic mass is 16.3.